The van der Waals surface area contributed by atoms with Crippen LogP contribution in [0.25, 0.3) is 0 Å². The molecule has 1 aliphatic carbocycles. The van der Waals surface area contributed by atoms with Crippen molar-refractivity contribution < 1.29 is 4.74 Å². The van der Waals surface area contributed by atoms with E-state index in [-0.39, 0.29) is 16.4 Å². The number of fused-ring (bicyclic) bond motifs is 2. The van der Waals surface area contributed by atoms with Crippen LogP contribution >= 0.6 is 0 Å². The molecule has 0 saturated heterocycles. The van der Waals surface area contributed by atoms with E-state index in [1.807, 2.05) is 27.7 Å². The second-order valence-corrected chi connectivity index (χ2v) is 9.65. The molecular weight excluding hydrogens is 352 g/mol. The fourth-order valence-electron chi connectivity index (χ4n) is 5.80. The molecule has 0 spiro atoms. The van der Waals surface area contributed by atoms with E-state index in [0.717, 1.165) is 12.2 Å². The highest BCUT2D eigenvalue weighted by Gasteiger charge is 2.61. The Labute approximate surface area is 182 Å². The normalized spacial score (nSPS) is 30.8. The third-order valence-corrected chi connectivity index (χ3v) is 7.90. The molecule has 4 unspecified atom stereocenters. The van der Waals surface area contributed by atoms with Crippen molar-refractivity contribution in [3.63, 3.8) is 0 Å². The summed E-state index contributed by atoms with van der Waals surface area (Å²) in [5.41, 5.74) is 4.23. The van der Waals surface area contributed by atoms with Crippen LogP contribution in [0.15, 0.2) is 24.3 Å². The minimum Gasteiger partial charge on any atom is -0.486 e. The summed E-state index contributed by atoms with van der Waals surface area (Å²) in [6.45, 7) is 26.7. The van der Waals surface area contributed by atoms with Crippen molar-refractivity contribution in [2.75, 3.05) is 0 Å². The summed E-state index contributed by atoms with van der Waals surface area (Å²) >= 11 is 0. The van der Waals surface area contributed by atoms with E-state index >= 15 is 0 Å². The van der Waals surface area contributed by atoms with Crippen LogP contribution < -0.4 is 4.74 Å². The van der Waals surface area contributed by atoms with Gasteiger partial charge in [-0.25, -0.2) is 0 Å². The van der Waals surface area contributed by atoms with Crippen LogP contribution in [0.5, 0.6) is 5.75 Å². The molecule has 1 heterocycles. The van der Waals surface area contributed by atoms with Crippen LogP contribution in [0, 0.1) is 36.5 Å². The largest absolute Gasteiger partial charge is 0.486 e. The molecule has 1 fully saturated rings. The van der Waals surface area contributed by atoms with E-state index < -0.39 is 0 Å². The molecule has 1 nitrogen and oxygen atoms in total. The van der Waals surface area contributed by atoms with E-state index in [4.69, 9.17) is 4.74 Å². The van der Waals surface area contributed by atoms with E-state index in [1.165, 1.54) is 29.5 Å². The van der Waals surface area contributed by atoms with E-state index in [1.54, 1.807) is 0 Å². The average Bonchev–Trinajstić information content (AvgIpc) is 2.69. The lowest BCUT2D eigenvalue weighted by molar-refractivity contribution is -0.171. The van der Waals surface area contributed by atoms with Gasteiger partial charge in [0.2, 0.25) is 0 Å². The van der Waals surface area contributed by atoms with Gasteiger partial charge in [0.15, 0.2) is 0 Å². The third kappa shape index (κ3) is 4.30. The highest BCUT2D eigenvalue weighted by molar-refractivity contribution is 5.48. The SMILES string of the molecule is C/C=C\C(C)(C)C1CCC(C)C2(C)Cc3ccc(C)c(C)c3OC12C.CC.CC. The Morgan fingerprint density at radius 2 is 1.62 bits per heavy atom. The molecule has 1 aromatic rings. The van der Waals surface area contributed by atoms with Crippen LogP contribution in [0.3, 0.4) is 0 Å². The highest BCUT2D eigenvalue weighted by atomic mass is 16.5. The van der Waals surface area contributed by atoms with Crippen molar-refractivity contribution >= 4 is 0 Å². The minimum absolute atomic E-state index is 0.139. The van der Waals surface area contributed by atoms with Crippen LogP contribution in [-0.4, -0.2) is 5.60 Å². The van der Waals surface area contributed by atoms with Crippen molar-refractivity contribution in [2.45, 2.75) is 108 Å². The molecule has 0 amide bonds. The monoisotopic (exact) mass is 400 g/mol. The number of ether oxygens (including phenoxy) is 1. The summed E-state index contributed by atoms with van der Waals surface area (Å²) in [7, 11) is 0. The molecule has 2 aliphatic rings. The van der Waals surface area contributed by atoms with E-state index in [2.05, 4.69) is 79.7 Å². The first-order chi connectivity index (χ1) is 13.6. The van der Waals surface area contributed by atoms with Gasteiger partial charge < -0.3 is 4.74 Å². The van der Waals surface area contributed by atoms with Gasteiger partial charge in [0, 0.05) is 11.3 Å². The van der Waals surface area contributed by atoms with Crippen molar-refractivity contribution in [2.24, 2.45) is 22.7 Å². The molecule has 0 radical (unpaired) electrons. The fourth-order valence-corrected chi connectivity index (χ4v) is 5.80. The molecule has 0 aromatic heterocycles. The standard InChI is InChI=1S/C24H36O.2C2H6/c1-9-14-22(5,6)20-13-11-17(3)23(7)15-19-12-10-16(2)18(4)21(19)25-24(20,23)8;2*1-2/h9-10,12,14,17,20H,11,13,15H2,1-8H3;2*1-2H3/b14-9-;;. The molecule has 0 bridgehead atoms. The number of rotatable bonds is 2. The number of allylic oxidation sites excluding steroid dienone is 2. The molecule has 29 heavy (non-hydrogen) atoms. The predicted octanol–water partition coefficient (Wildman–Crippen LogP) is 8.70. The lowest BCUT2D eigenvalue weighted by atomic mass is 9.48. The summed E-state index contributed by atoms with van der Waals surface area (Å²) in [5, 5.41) is 0. The van der Waals surface area contributed by atoms with Gasteiger partial charge in [0.05, 0.1) is 0 Å². The molecular formula is C28H48O. The smallest absolute Gasteiger partial charge is 0.126 e. The topological polar surface area (TPSA) is 9.23 Å². The zero-order chi connectivity index (χ0) is 22.6. The van der Waals surface area contributed by atoms with Gasteiger partial charge >= 0.3 is 0 Å². The first kappa shape index (κ1) is 25.8. The molecule has 1 aromatic carbocycles. The Morgan fingerprint density at radius 1 is 1.03 bits per heavy atom. The van der Waals surface area contributed by atoms with Gasteiger partial charge in [-0.05, 0) is 75.0 Å². The second-order valence-electron chi connectivity index (χ2n) is 9.65. The Morgan fingerprint density at radius 3 is 2.17 bits per heavy atom. The summed E-state index contributed by atoms with van der Waals surface area (Å²) in [6.07, 6.45) is 8.27. The van der Waals surface area contributed by atoms with Gasteiger partial charge in [-0.3, -0.25) is 0 Å². The summed E-state index contributed by atoms with van der Waals surface area (Å²) in [4.78, 5) is 0. The van der Waals surface area contributed by atoms with Crippen LogP contribution in [0.4, 0.5) is 0 Å². The summed E-state index contributed by atoms with van der Waals surface area (Å²) < 4.78 is 7.02. The molecule has 1 heteroatoms. The van der Waals surface area contributed by atoms with Crippen molar-refractivity contribution in [3.8, 4) is 5.75 Å². The molecule has 0 N–H and O–H groups in total. The maximum atomic E-state index is 7.02. The molecule has 166 valence electrons. The number of hydrogen-bond acceptors (Lipinski definition) is 1. The third-order valence-electron chi connectivity index (χ3n) is 7.90. The number of aryl methyl sites for hydroxylation is 1. The minimum atomic E-state index is -0.140. The van der Waals surface area contributed by atoms with Gasteiger partial charge in [0.1, 0.15) is 11.4 Å². The highest BCUT2D eigenvalue weighted by Crippen LogP contribution is 2.61. The molecule has 3 rings (SSSR count). The second kappa shape index (κ2) is 9.71. The quantitative estimate of drug-likeness (QED) is 0.451. The van der Waals surface area contributed by atoms with Crippen molar-refractivity contribution in [3.05, 3.63) is 41.0 Å². The van der Waals surface area contributed by atoms with Crippen LogP contribution in [-0.2, 0) is 6.42 Å². The van der Waals surface area contributed by atoms with Crippen LogP contribution in [0.1, 0.15) is 98.8 Å². The Hall–Kier alpha value is -1.24. The first-order valence-electron chi connectivity index (χ1n) is 12.0. The molecule has 1 saturated carbocycles. The maximum absolute atomic E-state index is 7.02. The Balaban J connectivity index is 0.000000989. The van der Waals surface area contributed by atoms with E-state index in [0.29, 0.717) is 11.8 Å². The van der Waals surface area contributed by atoms with Gasteiger partial charge in [-0.2, -0.15) is 0 Å². The summed E-state index contributed by atoms with van der Waals surface area (Å²) in [6, 6.07) is 4.56. The lowest BCUT2D eigenvalue weighted by Crippen LogP contribution is -2.65. The zero-order valence-corrected chi connectivity index (χ0v) is 21.5. The number of hydrogen-bond donors (Lipinski definition) is 0. The number of benzene rings is 1. The van der Waals surface area contributed by atoms with Gasteiger partial charge in [0.25, 0.3) is 0 Å². The first-order valence-corrected chi connectivity index (χ1v) is 12.0. The van der Waals surface area contributed by atoms with E-state index in [9.17, 15) is 0 Å². The Bertz CT molecular complexity index is 699. The predicted molar refractivity (Wildman–Crippen MR) is 130 cm³/mol. The van der Waals surface area contributed by atoms with Gasteiger partial charge in [-0.1, -0.05) is 79.7 Å². The lowest BCUT2D eigenvalue weighted by Gasteiger charge is -2.62. The maximum Gasteiger partial charge on any atom is 0.126 e. The van der Waals surface area contributed by atoms with Crippen LogP contribution in [0.2, 0.25) is 0 Å². The van der Waals surface area contributed by atoms with Gasteiger partial charge in [-0.15, -0.1) is 0 Å². The zero-order valence-electron chi connectivity index (χ0n) is 21.5. The van der Waals surface area contributed by atoms with Crippen molar-refractivity contribution in [1.29, 1.82) is 0 Å². The summed E-state index contributed by atoms with van der Waals surface area (Å²) in [5.74, 6) is 2.35. The average molecular weight is 401 g/mol. The Kier molecular flexibility index (Phi) is 8.64. The van der Waals surface area contributed by atoms with Crippen molar-refractivity contribution in [1.82, 2.24) is 0 Å². The fraction of sp³-hybridized carbons (Fsp3) is 0.714. The molecule has 4 atom stereocenters. The molecule has 1 aliphatic heterocycles.